The maximum Gasteiger partial charge on any atom is 0.244 e. The van der Waals surface area contributed by atoms with Crippen molar-refractivity contribution in [1.29, 1.82) is 0 Å². The Bertz CT molecular complexity index is 365. The van der Waals surface area contributed by atoms with E-state index in [4.69, 9.17) is 0 Å². The number of carbonyl (C=O) groups excluding carboxylic acids is 1. The van der Waals surface area contributed by atoms with Gasteiger partial charge >= 0.3 is 0 Å². The van der Waals surface area contributed by atoms with Crippen LogP contribution < -0.4 is 5.32 Å². The molecule has 0 saturated carbocycles. The third kappa shape index (κ3) is 3.72. The third-order valence-electron chi connectivity index (χ3n) is 3.74. The summed E-state index contributed by atoms with van der Waals surface area (Å²) >= 11 is 0. The van der Waals surface area contributed by atoms with Crippen molar-refractivity contribution in [2.24, 2.45) is 0 Å². The highest BCUT2D eigenvalue weighted by Crippen LogP contribution is 2.32. The molecule has 0 radical (unpaired) electrons. The average Bonchev–Trinajstić information content (AvgIpc) is 3.20. The zero-order chi connectivity index (χ0) is 15.0. The lowest BCUT2D eigenvalue weighted by molar-refractivity contribution is -0.130. The second kappa shape index (κ2) is 8.96. The topological polar surface area (TPSA) is 32.3 Å². The molecule has 2 aliphatic heterocycles. The van der Waals surface area contributed by atoms with Gasteiger partial charge < -0.3 is 10.2 Å². The van der Waals surface area contributed by atoms with Gasteiger partial charge in [0, 0.05) is 12.2 Å². The van der Waals surface area contributed by atoms with Crippen LogP contribution in [0.4, 0.5) is 0 Å². The molecule has 2 heterocycles. The molecule has 1 unspecified atom stereocenters. The van der Waals surface area contributed by atoms with Gasteiger partial charge in [0.2, 0.25) is 5.91 Å². The number of hydrogen-bond acceptors (Lipinski definition) is 2. The van der Waals surface area contributed by atoms with E-state index in [1.165, 1.54) is 11.3 Å². The van der Waals surface area contributed by atoms with Gasteiger partial charge in [0.05, 0.1) is 6.04 Å². The van der Waals surface area contributed by atoms with Crippen LogP contribution in [0.15, 0.2) is 23.4 Å². The molecule has 1 N–H and O–H groups in total. The van der Waals surface area contributed by atoms with E-state index in [1.807, 2.05) is 32.6 Å². The van der Waals surface area contributed by atoms with E-state index in [0.717, 1.165) is 45.2 Å². The summed E-state index contributed by atoms with van der Waals surface area (Å²) in [6.07, 6.45) is 9.93. The predicted molar refractivity (Wildman–Crippen MR) is 85.5 cm³/mol. The Hall–Kier alpha value is -1.09. The minimum absolute atomic E-state index is 0.0715. The van der Waals surface area contributed by atoms with Crippen molar-refractivity contribution in [3.05, 3.63) is 23.4 Å². The lowest BCUT2D eigenvalue weighted by Gasteiger charge is -2.23. The molecule has 3 rings (SSSR count). The molecule has 20 heavy (non-hydrogen) atoms. The fourth-order valence-electron chi connectivity index (χ4n) is 2.89. The minimum Gasteiger partial charge on any atom is -0.311 e. The number of hydrogen-bond donors (Lipinski definition) is 1. The van der Waals surface area contributed by atoms with Crippen molar-refractivity contribution in [1.82, 2.24) is 10.2 Å². The summed E-state index contributed by atoms with van der Waals surface area (Å²) in [7, 11) is 0. The van der Waals surface area contributed by atoms with Crippen molar-refractivity contribution in [2.45, 2.75) is 65.8 Å². The number of rotatable bonds is 1. The Morgan fingerprint density at radius 3 is 2.55 bits per heavy atom. The van der Waals surface area contributed by atoms with E-state index >= 15 is 0 Å². The maximum absolute atomic E-state index is 12.3. The quantitative estimate of drug-likeness (QED) is 0.794. The van der Waals surface area contributed by atoms with Crippen LogP contribution in [0.1, 0.15) is 59.8 Å². The van der Waals surface area contributed by atoms with Gasteiger partial charge in [-0.3, -0.25) is 4.79 Å². The van der Waals surface area contributed by atoms with Crippen molar-refractivity contribution < 1.29 is 4.79 Å². The Kier molecular flexibility index (Phi) is 7.60. The van der Waals surface area contributed by atoms with Gasteiger partial charge in [-0.25, -0.2) is 0 Å². The first kappa shape index (κ1) is 17.0. The van der Waals surface area contributed by atoms with E-state index in [0.29, 0.717) is 0 Å². The molecule has 0 aromatic rings. The van der Waals surface area contributed by atoms with Crippen LogP contribution in [-0.4, -0.2) is 29.9 Å². The summed E-state index contributed by atoms with van der Waals surface area (Å²) in [6, 6.07) is 0.0715. The summed E-state index contributed by atoms with van der Waals surface area (Å²) in [5.74, 6) is 0.286. The normalized spacial score (nSPS) is 23.6. The molecule has 1 atom stereocenters. The van der Waals surface area contributed by atoms with Gasteiger partial charge in [-0.15, -0.1) is 0 Å². The Morgan fingerprint density at radius 1 is 1.20 bits per heavy atom. The van der Waals surface area contributed by atoms with Gasteiger partial charge in [0.15, 0.2) is 0 Å². The van der Waals surface area contributed by atoms with Crippen LogP contribution in [0.5, 0.6) is 0 Å². The van der Waals surface area contributed by atoms with E-state index in [2.05, 4.69) is 17.5 Å². The summed E-state index contributed by atoms with van der Waals surface area (Å²) in [5.41, 5.74) is 2.59. The summed E-state index contributed by atoms with van der Waals surface area (Å²) in [6.45, 7) is 9.88. The molecule has 114 valence electrons. The predicted octanol–water partition coefficient (Wildman–Crippen LogP) is 3.63. The van der Waals surface area contributed by atoms with Gasteiger partial charge in [-0.1, -0.05) is 39.8 Å². The van der Waals surface area contributed by atoms with Crippen molar-refractivity contribution in [3.8, 4) is 0 Å². The minimum atomic E-state index is 0.0715. The zero-order valence-electron chi connectivity index (χ0n) is 13.5. The van der Waals surface area contributed by atoms with Crippen molar-refractivity contribution in [2.75, 3.05) is 13.1 Å². The van der Waals surface area contributed by atoms with E-state index in [1.54, 1.807) is 0 Å². The molecule has 0 aromatic carbocycles. The molecule has 1 amide bonds. The first-order valence-electron chi connectivity index (χ1n) is 8.30. The van der Waals surface area contributed by atoms with Crippen LogP contribution in [-0.2, 0) is 4.79 Å². The van der Waals surface area contributed by atoms with Crippen LogP contribution in [0.3, 0.4) is 0 Å². The number of likely N-dealkylation sites (tertiary alicyclic amines) is 1. The molecular weight excluding hydrogens is 248 g/mol. The fourth-order valence-corrected chi connectivity index (χ4v) is 2.89. The van der Waals surface area contributed by atoms with E-state index in [-0.39, 0.29) is 11.9 Å². The lowest BCUT2D eigenvalue weighted by atomic mass is 10.0. The summed E-state index contributed by atoms with van der Waals surface area (Å²) in [5, 5.41) is 3.29. The van der Waals surface area contributed by atoms with Crippen molar-refractivity contribution in [3.63, 3.8) is 0 Å². The standard InChI is InChI=1S/C13H18N2O.2C2H6/c16-13(11-5-3-8-14-11)15-9-7-10-4-1-2-6-12(10)15;2*1-2/h4,6,11,14H,1-3,5,7-9H2;2*1-2H3. The van der Waals surface area contributed by atoms with Gasteiger partial charge in [0.1, 0.15) is 0 Å². The number of nitrogens with one attached hydrogen (secondary N) is 1. The third-order valence-corrected chi connectivity index (χ3v) is 3.74. The number of carbonyl (C=O) groups is 1. The SMILES string of the molecule is CC.CC.O=C(C1CCCN1)N1CCC2=CCCC=C21. The van der Waals surface area contributed by atoms with Gasteiger partial charge in [-0.2, -0.15) is 0 Å². The molecule has 3 aliphatic rings. The van der Waals surface area contributed by atoms with E-state index in [9.17, 15) is 4.79 Å². The molecule has 3 nitrogen and oxygen atoms in total. The number of nitrogens with zero attached hydrogens (tertiary/aromatic N) is 1. The Balaban J connectivity index is 0.000000461. The van der Waals surface area contributed by atoms with Gasteiger partial charge in [-0.05, 0) is 44.2 Å². The fraction of sp³-hybridized carbons (Fsp3) is 0.706. The monoisotopic (exact) mass is 278 g/mol. The molecule has 3 heteroatoms. The largest absolute Gasteiger partial charge is 0.311 e. The molecule has 1 aliphatic carbocycles. The molecule has 0 spiro atoms. The molecular formula is C17H30N2O. The smallest absolute Gasteiger partial charge is 0.244 e. The molecule has 2 fully saturated rings. The summed E-state index contributed by atoms with van der Waals surface area (Å²) < 4.78 is 0. The lowest BCUT2D eigenvalue weighted by Crippen LogP contribution is -2.41. The zero-order valence-corrected chi connectivity index (χ0v) is 13.5. The van der Waals surface area contributed by atoms with E-state index < -0.39 is 0 Å². The highest BCUT2D eigenvalue weighted by Gasteiger charge is 2.33. The van der Waals surface area contributed by atoms with Crippen molar-refractivity contribution >= 4 is 5.91 Å². The highest BCUT2D eigenvalue weighted by molar-refractivity contribution is 5.85. The first-order valence-corrected chi connectivity index (χ1v) is 8.30. The second-order valence-corrected chi connectivity index (χ2v) is 4.78. The van der Waals surface area contributed by atoms with Crippen LogP contribution >= 0.6 is 0 Å². The Labute approximate surface area is 124 Å². The number of allylic oxidation sites excluding steroid dienone is 3. The molecule has 0 aromatic heterocycles. The summed E-state index contributed by atoms with van der Waals surface area (Å²) in [4.78, 5) is 14.3. The Morgan fingerprint density at radius 2 is 1.90 bits per heavy atom. The highest BCUT2D eigenvalue weighted by atomic mass is 16.2. The average molecular weight is 278 g/mol. The molecule has 2 saturated heterocycles. The number of amides is 1. The first-order chi connectivity index (χ1) is 9.86. The van der Waals surface area contributed by atoms with Crippen LogP contribution in [0.25, 0.3) is 0 Å². The maximum atomic E-state index is 12.3. The van der Waals surface area contributed by atoms with Crippen LogP contribution in [0, 0.1) is 0 Å². The molecule has 0 bridgehead atoms. The van der Waals surface area contributed by atoms with Crippen LogP contribution in [0.2, 0.25) is 0 Å². The number of fused-ring (bicyclic) bond motifs is 1. The van der Waals surface area contributed by atoms with Gasteiger partial charge in [0.25, 0.3) is 0 Å². The second-order valence-electron chi connectivity index (χ2n) is 4.78.